The summed E-state index contributed by atoms with van der Waals surface area (Å²) in [7, 11) is 5.58. The molecule has 6 heavy (non-hydrogen) atoms. The van der Waals surface area contributed by atoms with E-state index in [9.17, 15) is 0 Å². The topological polar surface area (TPSA) is 3.24 Å². The molecule has 0 unspecified atom stereocenters. The molecule has 0 atom stereocenters. The summed E-state index contributed by atoms with van der Waals surface area (Å²) in [4.78, 5) is 1.88. The van der Waals surface area contributed by atoms with Gasteiger partial charge in [-0.1, -0.05) is 15.9 Å². The zero-order valence-corrected chi connectivity index (χ0v) is 5.53. The van der Waals surface area contributed by atoms with Gasteiger partial charge >= 0.3 is 0 Å². The third-order valence-electron chi connectivity index (χ3n) is 0.466. The predicted molar refractivity (Wildman–Crippen MR) is 31.8 cm³/mol. The SMILES string of the molecule is [CH2]N(C)CCBr. The molecule has 1 radical (unpaired) electrons. The average molecular weight is 151 g/mol. The Hall–Kier alpha value is 0.440. The molecule has 0 bridgehead atoms. The van der Waals surface area contributed by atoms with Crippen molar-refractivity contribution >= 4 is 15.9 Å². The monoisotopic (exact) mass is 150 g/mol. The van der Waals surface area contributed by atoms with Gasteiger partial charge in [0.2, 0.25) is 0 Å². The lowest BCUT2D eigenvalue weighted by atomic mass is 10.7. The Morgan fingerprint density at radius 2 is 2.33 bits per heavy atom. The van der Waals surface area contributed by atoms with Crippen LogP contribution >= 0.6 is 15.9 Å². The van der Waals surface area contributed by atoms with E-state index < -0.39 is 0 Å². The van der Waals surface area contributed by atoms with E-state index in [0.717, 1.165) is 11.9 Å². The van der Waals surface area contributed by atoms with Crippen LogP contribution in [0.1, 0.15) is 0 Å². The van der Waals surface area contributed by atoms with Gasteiger partial charge in [0.25, 0.3) is 0 Å². The van der Waals surface area contributed by atoms with Crippen LogP contribution in [0.5, 0.6) is 0 Å². The maximum Gasteiger partial charge on any atom is 0.0159 e. The van der Waals surface area contributed by atoms with Gasteiger partial charge in [-0.2, -0.15) is 0 Å². The molecule has 0 aromatic rings. The number of hydrogen-bond acceptors (Lipinski definition) is 1. The molecule has 0 rings (SSSR count). The van der Waals surface area contributed by atoms with Crippen LogP contribution in [0, 0.1) is 7.05 Å². The Kier molecular flexibility index (Phi) is 3.89. The standard InChI is InChI=1S/C4H9BrN/c1-6(2)4-3-5/h1,3-4H2,2H3. The molecule has 0 aromatic heterocycles. The lowest BCUT2D eigenvalue weighted by Gasteiger charge is -2.02. The lowest BCUT2D eigenvalue weighted by Crippen LogP contribution is -2.10. The fourth-order valence-electron chi connectivity index (χ4n) is 0.144. The number of halogens is 1. The second-order valence-corrected chi connectivity index (χ2v) is 2.06. The molecule has 0 spiro atoms. The summed E-state index contributed by atoms with van der Waals surface area (Å²) in [6.45, 7) is 1.01. The van der Waals surface area contributed by atoms with Gasteiger partial charge in [0.05, 0.1) is 0 Å². The molecule has 0 aliphatic rings. The minimum absolute atomic E-state index is 1.01. The van der Waals surface area contributed by atoms with Crippen molar-refractivity contribution in [1.82, 2.24) is 4.90 Å². The lowest BCUT2D eigenvalue weighted by molar-refractivity contribution is 0.483. The third-order valence-corrected chi connectivity index (χ3v) is 0.821. The van der Waals surface area contributed by atoms with Gasteiger partial charge in [-0.3, -0.25) is 0 Å². The van der Waals surface area contributed by atoms with Crippen molar-refractivity contribution in [2.75, 3.05) is 18.9 Å². The highest BCUT2D eigenvalue weighted by Gasteiger charge is 1.81. The Bertz CT molecular complexity index is 28.7. The molecule has 0 N–H and O–H groups in total. The summed E-state index contributed by atoms with van der Waals surface area (Å²) in [5, 5.41) is 1.01. The summed E-state index contributed by atoms with van der Waals surface area (Å²) >= 11 is 3.27. The number of hydrogen-bond donors (Lipinski definition) is 0. The average Bonchev–Trinajstić information content (AvgIpc) is 1.35. The van der Waals surface area contributed by atoms with Crippen LogP contribution in [0.4, 0.5) is 0 Å². The van der Waals surface area contributed by atoms with Crippen LogP contribution in [-0.4, -0.2) is 23.8 Å². The first-order chi connectivity index (χ1) is 2.77. The van der Waals surface area contributed by atoms with Crippen LogP contribution in [0.2, 0.25) is 0 Å². The quantitative estimate of drug-likeness (QED) is 0.534. The molecule has 0 amide bonds. The second-order valence-electron chi connectivity index (χ2n) is 1.27. The van der Waals surface area contributed by atoms with Crippen molar-refractivity contribution in [2.45, 2.75) is 0 Å². The summed E-state index contributed by atoms with van der Waals surface area (Å²) < 4.78 is 0. The number of alkyl halides is 1. The summed E-state index contributed by atoms with van der Waals surface area (Å²) in [6.07, 6.45) is 0. The Morgan fingerprint density at radius 1 is 1.83 bits per heavy atom. The smallest absolute Gasteiger partial charge is 0.0159 e. The second kappa shape index (κ2) is 3.62. The van der Waals surface area contributed by atoms with Crippen LogP contribution in [-0.2, 0) is 0 Å². The van der Waals surface area contributed by atoms with E-state index in [1.54, 1.807) is 0 Å². The highest BCUT2D eigenvalue weighted by atomic mass is 79.9. The van der Waals surface area contributed by atoms with Gasteiger partial charge in [0, 0.05) is 18.9 Å². The van der Waals surface area contributed by atoms with Crippen molar-refractivity contribution in [2.24, 2.45) is 0 Å². The van der Waals surface area contributed by atoms with E-state index in [4.69, 9.17) is 0 Å². The molecule has 37 valence electrons. The molecule has 0 saturated heterocycles. The van der Waals surface area contributed by atoms with E-state index >= 15 is 0 Å². The van der Waals surface area contributed by atoms with Crippen molar-refractivity contribution < 1.29 is 0 Å². The predicted octanol–water partition coefficient (Wildman–Crippen LogP) is 1.10. The van der Waals surface area contributed by atoms with Crippen molar-refractivity contribution in [3.63, 3.8) is 0 Å². The van der Waals surface area contributed by atoms with E-state index in [0.29, 0.717) is 0 Å². The van der Waals surface area contributed by atoms with E-state index in [1.165, 1.54) is 0 Å². The van der Waals surface area contributed by atoms with Crippen LogP contribution < -0.4 is 0 Å². The van der Waals surface area contributed by atoms with E-state index in [2.05, 4.69) is 23.0 Å². The zero-order valence-electron chi connectivity index (χ0n) is 3.95. The molecule has 0 aliphatic heterocycles. The molecule has 2 heteroatoms. The van der Waals surface area contributed by atoms with E-state index in [1.807, 2.05) is 11.9 Å². The highest BCUT2D eigenvalue weighted by molar-refractivity contribution is 9.09. The normalized spacial score (nSPS) is 10.0. The van der Waals surface area contributed by atoms with Gasteiger partial charge in [0.1, 0.15) is 0 Å². The number of nitrogens with zero attached hydrogens (tertiary/aromatic N) is 1. The van der Waals surface area contributed by atoms with Gasteiger partial charge in [-0.05, 0) is 7.05 Å². The summed E-state index contributed by atoms with van der Waals surface area (Å²) in [6, 6.07) is 0. The van der Waals surface area contributed by atoms with Crippen molar-refractivity contribution in [3.05, 3.63) is 7.05 Å². The number of rotatable bonds is 2. The minimum atomic E-state index is 1.01. The van der Waals surface area contributed by atoms with Gasteiger partial charge in [-0.15, -0.1) is 0 Å². The first-order valence-corrected chi connectivity index (χ1v) is 2.97. The Balaban J connectivity index is 2.63. The Morgan fingerprint density at radius 3 is 2.33 bits per heavy atom. The third kappa shape index (κ3) is 4.44. The molecule has 0 aromatic carbocycles. The van der Waals surface area contributed by atoms with Gasteiger partial charge < -0.3 is 4.90 Å². The molecule has 0 fully saturated rings. The first kappa shape index (κ1) is 6.44. The fraction of sp³-hybridized carbons (Fsp3) is 0.750. The molecular formula is C4H9BrN. The molecule has 0 saturated carbocycles. The summed E-state index contributed by atoms with van der Waals surface area (Å²) in [5.41, 5.74) is 0. The molecule has 0 aliphatic carbocycles. The highest BCUT2D eigenvalue weighted by Crippen LogP contribution is 1.80. The maximum absolute atomic E-state index is 3.63. The van der Waals surface area contributed by atoms with Crippen LogP contribution in [0.3, 0.4) is 0 Å². The molecular weight excluding hydrogens is 142 g/mol. The van der Waals surface area contributed by atoms with Crippen LogP contribution in [0.25, 0.3) is 0 Å². The zero-order chi connectivity index (χ0) is 4.99. The van der Waals surface area contributed by atoms with Crippen molar-refractivity contribution in [1.29, 1.82) is 0 Å². The Labute approximate surface area is 47.5 Å². The molecule has 1 nitrogen and oxygen atoms in total. The fourth-order valence-corrected chi connectivity index (χ4v) is 0.750. The van der Waals surface area contributed by atoms with E-state index in [-0.39, 0.29) is 0 Å². The minimum Gasteiger partial charge on any atom is -0.304 e. The van der Waals surface area contributed by atoms with Gasteiger partial charge in [0.15, 0.2) is 0 Å². The maximum atomic E-state index is 3.63. The first-order valence-electron chi connectivity index (χ1n) is 1.85. The van der Waals surface area contributed by atoms with Crippen LogP contribution in [0.15, 0.2) is 0 Å². The summed E-state index contributed by atoms with van der Waals surface area (Å²) in [5.74, 6) is 0. The van der Waals surface area contributed by atoms with Gasteiger partial charge in [-0.25, -0.2) is 0 Å². The molecule has 0 heterocycles. The largest absolute Gasteiger partial charge is 0.304 e. The van der Waals surface area contributed by atoms with Crippen molar-refractivity contribution in [3.8, 4) is 0 Å².